The number of hydrogen-bond donors (Lipinski definition) is 1. The Morgan fingerprint density at radius 2 is 2.00 bits per heavy atom. The number of rotatable bonds is 3. The molecule has 0 aromatic carbocycles. The van der Waals surface area contributed by atoms with E-state index >= 15 is 0 Å². The lowest BCUT2D eigenvalue weighted by molar-refractivity contribution is 0.748. The maximum Gasteiger partial charge on any atom is 0.271 e. The van der Waals surface area contributed by atoms with Crippen LogP contribution in [0.4, 0.5) is 5.82 Å². The van der Waals surface area contributed by atoms with Gasteiger partial charge in [0.05, 0.1) is 17.6 Å². The predicted molar refractivity (Wildman–Crippen MR) is 78.2 cm³/mol. The second-order valence-corrected chi connectivity index (χ2v) is 5.25. The number of nitrogens with one attached hydrogen (secondary N) is 1. The van der Waals surface area contributed by atoms with Crippen LogP contribution in [0.25, 0.3) is 5.69 Å². The Hall–Kier alpha value is -2.17. The molecule has 0 saturated heterocycles. The highest BCUT2D eigenvalue weighted by Crippen LogP contribution is 2.21. The van der Waals surface area contributed by atoms with Crippen molar-refractivity contribution >= 4 is 5.82 Å². The number of anilines is 1. The van der Waals surface area contributed by atoms with E-state index in [4.69, 9.17) is 0 Å². The van der Waals surface area contributed by atoms with Crippen molar-refractivity contribution in [2.75, 3.05) is 5.32 Å². The Balaban J connectivity index is 1.81. The molecule has 20 heavy (non-hydrogen) atoms. The number of pyridine rings is 1. The van der Waals surface area contributed by atoms with Crippen LogP contribution < -0.4 is 10.9 Å². The van der Waals surface area contributed by atoms with Gasteiger partial charge in [0.25, 0.3) is 5.56 Å². The van der Waals surface area contributed by atoms with E-state index in [1.807, 2.05) is 19.1 Å². The van der Waals surface area contributed by atoms with Crippen molar-refractivity contribution in [3.63, 3.8) is 0 Å². The summed E-state index contributed by atoms with van der Waals surface area (Å²) < 4.78 is 1.38. The second kappa shape index (κ2) is 5.45. The van der Waals surface area contributed by atoms with E-state index in [9.17, 15) is 4.79 Å². The highest BCUT2D eigenvalue weighted by Gasteiger charge is 2.14. The van der Waals surface area contributed by atoms with Crippen LogP contribution in [0.15, 0.2) is 35.3 Å². The van der Waals surface area contributed by atoms with Crippen molar-refractivity contribution in [3.05, 3.63) is 46.5 Å². The van der Waals surface area contributed by atoms with Crippen LogP contribution in [0.2, 0.25) is 0 Å². The predicted octanol–water partition coefficient (Wildman–Crippen LogP) is 2.29. The Kier molecular flexibility index (Phi) is 3.50. The fourth-order valence-electron chi connectivity index (χ4n) is 2.56. The Labute approximate surface area is 117 Å². The van der Waals surface area contributed by atoms with Crippen LogP contribution in [0.3, 0.4) is 0 Å². The highest BCUT2D eigenvalue weighted by atomic mass is 16.1. The van der Waals surface area contributed by atoms with Gasteiger partial charge in [0, 0.05) is 12.1 Å². The second-order valence-electron chi connectivity index (χ2n) is 5.25. The molecule has 0 spiro atoms. The molecule has 0 aliphatic heterocycles. The first kappa shape index (κ1) is 12.8. The van der Waals surface area contributed by atoms with E-state index < -0.39 is 0 Å². The molecule has 1 fully saturated rings. The van der Waals surface area contributed by atoms with Gasteiger partial charge in [-0.2, -0.15) is 9.78 Å². The minimum absolute atomic E-state index is 0.145. The lowest BCUT2D eigenvalue weighted by Gasteiger charge is -2.12. The lowest BCUT2D eigenvalue weighted by atomic mass is 10.2. The molecule has 2 heterocycles. The maximum absolute atomic E-state index is 11.8. The van der Waals surface area contributed by atoms with Crippen molar-refractivity contribution in [1.29, 1.82) is 0 Å². The van der Waals surface area contributed by atoms with Gasteiger partial charge in [0.2, 0.25) is 0 Å². The minimum atomic E-state index is -0.145. The third-order valence-corrected chi connectivity index (χ3v) is 3.63. The zero-order valence-electron chi connectivity index (χ0n) is 11.5. The normalized spacial score (nSPS) is 15.4. The zero-order valence-corrected chi connectivity index (χ0v) is 11.5. The topological polar surface area (TPSA) is 59.8 Å². The summed E-state index contributed by atoms with van der Waals surface area (Å²) in [6.45, 7) is 1.86. The van der Waals surface area contributed by atoms with Gasteiger partial charge < -0.3 is 5.32 Å². The molecule has 1 saturated carbocycles. The van der Waals surface area contributed by atoms with E-state index in [1.54, 1.807) is 12.3 Å². The van der Waals surface area contributed by atoms with E-state index in [1.165, 1.54) is 36.4 Å². The molecule has 1 N–H and O–H groups in total. The molecule has 104 valence electrons. The third-order valence-electron chi connectivity index (χ3n) is 3.63. The van der Waals surface area contributed by atoms with Crippen LogP contribution in [0.1, 0.15) is 31.4 Å². The maximum atomic E-state index is 11.8. The Bertz CT molecular complexity index is 642. The fraction of sp³-hybridized carbons (Fsp3) is 0.400. The largest absolute Gasteiger partial charge is 0.367 e. The van der Waals surface area contributed by atoms with Gasteiger partial charge in [0.15, 0.2) is 0 Å². The molecule has 2 aromatic heterocycles. The van der Waals surface area contributed by atoms with E-state index in [-0.39, 0.29) is 5.56 Å². The average Bonchev–Trinajstić information content (AvgIpc) is 2.95. The van der Waals surface area contributed by atoms with Gasteiger partial charge in [-0.25, -0.2) is 4.98 Å². The van der Waals surface area contributed by atoms with Crippen molar-refractivity contribution in [1.82, 2.24) is 14.8 Å². The van der Waals surface area contributed by atoms with Gasteiger partial charge in [-0.05, 0) is 38.0 Å². The first-order valence-electron chi connectivity index (χ1n) is 7.02. The van der Waals surface area contributed by atoms with Crippen molar-refractivity contribution in [2.45, 2.75) is 38.6 Å². The van der Waals surface area contributed by atoms with E-state index in [2.05, 4.69) is 15.4 Å². The summed E-state index contributed by atoms with van der Waals surface area (Å²) in [5.41, 5.74) is 1.35. The van der Waals surface area contributed by atoms with E-state index in [0.717, 1.165) is 11.5 Å². The third kappa shape index (κ3) is 2.71. The van der Waals surface area contributed by atoms with Crippen molar-refractivity contribution in [3.8, 4) is 5.69 Å². The van der Waals surface area contributed by atoms with Crippen molar-refractivity contribution < 1.29 is 0 Å². The summed E-state index contributed by atoms with van der Waals surface area (Å²) in [4.78, 5) is 16.2. The van der Waals surface area contributed by atoms with Crippen molar-refractivity contribution in [2.24, 2.45) is 0 Å². The molecule has 0 atom stereocenters. The van der Waals surface area contributed by atoms with Crippen LogP contribution >= 0.6 is 0 Å². The van der Waals surface area contributed by atoms with Crippen LogP contribution in [-0.2, 0) is 0 Å². The first-order valence-corrected chi connectivity index (χ1v) is 7.02. The van der Waals surface area contributed by atoms with Crippen LogP contribution in [0, 0.1) is 6.92 Å². The summed E-state index contributed by atoms with van der Waals surface area (Å²) >= 11 is 0. The molecule has 5 nitrogen and oxygen atoms in total. The van der Waals surface area contributed by atoms with Crippen LogP contribution in [-0.4, -0.2) is 20.8 Å². The SMILES string of the molecule is Cc1ccc(=O)n(-c2ccc(NC3CCCC3)nc2)n1. The summed E-state index contributed by atoms with van der Waals surface area (Å²) in [6, 6.07) is 7.55. The summed E-state index contributed by atoms with van der Waals surface area (Å²) in [5, 5.41) is 7.65. The Morgan fingerprint density at radius 3 is 2.70 bits per heavy atom. The molecule has 0 unspecified atom stereocenters. The first-order chi connectivity index (χ1) is 9.72. The Morgan fingerprint density at radius 1 is 1.20 bits per heavy atom. The molecule has 0 bridgehead atoms. The molecular formula is C15H18N4O. The summed E-state index contributed by atoms with van der Waals surface area (Å²) in [5.74, 6) is 0.862. The molecule has 1 aliphatic rings. The highest BCUT2D eigenvalue weighted by molar-refractivity contribution is 5.41. The number of nitrogens with zero attached hydrogens (tertiary/aromatic N) is 3. The summed E-state index contributed by atoms with van der Waals surface area (Å²) in [7, 11) is 0. The average molecular weight is 270 g/mol. The monoisotopic (exact) mass is 270 g/mol. The molecule has 1 aliphatic carbocycles. The smallest absolute Gasteiger partial charge is 0.271 e. The van der Waals surface area contributed by atoms with Gasteiger partial charge in [-0.15, -0.1) is 0 Å². The van der Waals surface area contributed by atoms with Gasteiger partial charge >= 0.3 is 0 Å². The number of hydrogen-bond acceptors (Lipinski definition) is 4. The van der Waals surface area contributed by atoms with E-state index in [0.29, 0.717) is 11.7 Å². The lowest BCUT2D eigenvalue weighted by Crippen LogP contribution is -2.21. The molecule has 0 radical (unpaired) electrons. The fourth-order valence-corrected chi connectivity index (χ4v) is 2.56. The molecular weight excluding hydrogens is 252 g/mol. The quantitative estimate of drug-likeness (QED) is 0.929. The minimum Gasteiger partial charge on any atom is -0.367 e. The molecule has 5 heteroatoms. The standard InChI is InChI=1S/C15H18N4O/c1-11-6-9-15(20)19(18-11)13-7-8-14(16-10-13)17-12-4-2-3-5-12/h6-10,12H,2-5H2,1H3,(H,16,17). The number of aromatic nitrogens is 3. The van der Waals surface area contributed by atoms with Gasteiger partial charge in [-0.3, -0.25) is 4.79 Å². The van der Waals surface area contributed by atoms with Gasteiger partial charge in [0.1, 0.15) is 5.82 Å². The molecule has 0 amide bonds. The molecule has 3 rings (SSSR count). The zero-order chi connectivity index (χ0) is 13.9. The molecule has 2 aromatic rings. The van der Waals surface area contributed by atoms with Gasteiger partial charge in [-0.1, -0.05) is 12.8 Å². The number of aryl methyl sites for hydroxylation is 1. The summed E-state index contributed by atoms with van der Waals surface area (Å²) in [6.07, 6.45) is 6.69. The van der Waals surface area contributed by atoms with Crippen LogP contribution in [0.5, 0.6) is 0 Å².